The van der Waals surface area contributed by atoms with E-state index in [0.29, 0.717) is 6.29 Å². The summed E-state index contributed by atoms with van der Waals surface area (Å²) in [7, 11) is 1.98. The van der Waals surface area contributed by atoms with Gasteiger partial charge in [0.25, 0.3) is 0 Å². The molecule has 0 saturated carbocycles. The highest BCUT2D eigenvalue weighted by Gasteiger charge is 2.07. The molecule has 0 N–H and O–H groups in total. The van der Waals surface area contributed by atoms with E-state index < -0.39 is 11.6 Å². The van der Waals surface area contributed by atoms with E-state index >= 15 is 0 Å². The van der Waals surface area contributed by atoms with Gasteiger partial charge in [0.15, 0.2) is 17.9 Å². The van der Waals surface area contributed by atoms with Crippen LogP contribution >= 0.6 is 9.24 Å². The first-order chi connectivity index (χ1) is 5.16. The van der Waals surface area contributed by atoms with Crippen molar-refractivity contribution in [3.05, 3.63) is 29.3 Å². The Hall–Kier alpha value is -0.820. The van der Waals surface area contributed by atoms with E-state index in [1.165, 1.54) is 6.07 Å². The molecular weight excluding hydrogens is 169 g/mol. The van der Waals surface area contributed by atoms with Gasteiger partial charge in [-0.3, -0.25) is 4.79 Å². The quantitative estimate of drug-likeness (QED) is 0.463. The molecule has 0 radical (unpaired) electrons. The van der Waals surface area contributed by atoms with Gasteiger partial charge in [-0.05, 0) is 12.1 Å². The van der Waals surface area contributed by atoms with Crippen LogP contribution in [0.2, 0.25) is 0 Å². The minimum Gasteiger partial charge on any atom is -0.298 e. The fourth-order valence-electron chi connectivity index (χ4n) is 0.684. The normalized spacial score (nSPS) is 9.73. The third-order valence-electron chi connectivity index (χ3n) is 1.29. The minimum absolute atomic E-state index is 0.0278. The Morgan fingerprint density at radius 1 is 1.36 bits per heavy atom. The monoisotopic (exact) mass is 174 g/mol. The van der Waals surface area contributed by atoms with Gasteiger partial charge in [-0.1, -0.05) is 0 Å². The Bertz CT molecular complexity index is 299. The van der Waals surface area contributed by atoms with Crippen molar-refractivity contribution < 1.29 is 13.6 Å². The molecule has 1 rings (SSSR count). The van der Waals surface area contributed by atoms with Gasteiger partial charge in [0.2, 0.25) is 0 Å². The van der Waals surface area contributed by atoms with Gasteiger partial charge in [-0.15, -0.1) is 9.24 Å². The summed E-state index contributed by atoms with van der Waals surface area (Å²) in [5.41, 5.74) is 0.147. The lowest BCUT2D eigenvalue weighted by Gasteiger charge is -1.99. The average Bonchev–Trinajstić information content (AvgIpc) is 2.01. The second-order valence-corrected chi connectivity index (χ2v) is 2.56. The number of halogens is 2. The number of rotatable bonds is 1. The molecule has 1 aromatic rings. The number of hydrogen-bond acceptors (Lipinski definition) is 1. The molecule has 0 saturated heterocycles. The molecule has 4 heteroatoms. The average molecular weight is 174 g/mol. The summed E-state index contributed by atoms with van der Waals surface area (Å²) in [6.07, 6.45) is 0.477. The predicted octanol–water partition coefficient (Wildman–Crippen LogP) is 1.28. The minimum atomic E-state index is -0.986. The maximum absolute atomic E-state index is 12.6. The molecule has 1 aromatic carbocycles. The standard InChI is InChI=1S/C7H5F2OP/c8-5-2-1-4(3-10)7(11)6(5)9/h1-3H,11H2. The van der Waals surface area contributed by atoms with Gasteiger partial charge in [0.05, 0.1) is 0 Å². The highest BCUT2D eigenvalue weighted by molar-refractivity contribution is 7.27. The molecule has 58 valence electrons. The Morgan fingerprint density at radius 2 is 2.00 bits per heavy atom. The van der Waals surface area contributed by atoms with Crippen LogP contribution in [0.15, 0.2) is 12.1 Å². The first-order valence-corrected chi connectivity index (χ1v) is 3.43. The fraction of sp³-hybridized carbons (Fsp3) is 0. The molecule has 0 aliphatic carbocycles. The lowest BCUT2D eigenvalue weighted by molar-refractivity contribution is 0.112. The SMILES string of the molecule is O=Cc1ccc(F)c(F)c1P. The van der Waals surface area contributed by atoms with Crippen molar-refractivity contribution in [2.45, 2.75) is 0 Å². The van der Waals surface area contributed by atoms with Crippen molar-refractivity contribution in [3.63, 3.8) is 0 Å². The maximum atomic E-state index is 12.6. The Morgan fingerprint density at radius 3 is 2.55 bits per heavy atom. The van der Waals surface area contributed by atoms with Gasteiger partial charge in [0.1, 0.15) is 0 Å². The van der Waals surface area contributed by atoms with Crippen LogP contribution in [-0.4, -0.2) is 6.29 Å². The summed E-state index contributed by atoms with van der Waals surface area (Å²) < 4.78 is 25.0. The third-order valence-corrected chi connectivity index (χ3v) is 1.88. The molecule has 0 spiro atoms. The van der Waals surface area contributed by atoms with E-state index in [4.69, 9.17) is 0 Å². The summed E-state index contributed by atoms with van der Waals surface area (Å²) in [5.74, 6) is -1.93. The van der Waals surface area contributed by atoms with Crippen LogP contribution in [0.3, 0.4) is 0 Å². The second-order valence-electron chi connectivity index (χ2n) is 1.98. The molecule has 1 nitrogen and oxygen atoms in total. The topological polar surface area (TPSA) is 17.1 Å². The van der Waals surface area contributed by atoms with E-state index in [1.54, 1.807) is 0 Å². The Balaban J connectivity index is 3.36. The summed E-state index contributed by atoms with van der Waals surface area (Å²) >= 11 is 0. The largest absolute Gasteiger partial charge is 0.298 e. The zero-order valence-electron chi connectivity index (χ0n) is 5.47. The van der Waals surface area contributed by atoms with Crippen molar-refractivity contribution in [2.75, 3.05) is 0 Å². The Labute approximate surface area is 64.6 Å². The zero-order valence-corrected chi connectivity index (χ0v) is 6.63. The first kappa shape index (κ1) is 8.28. The predicted molar refractivity (Wildman–Crippen MR) is 41.1 cm³/mol. The number of carbonyl (C=O) groups excluding carboxylic acids is 1. The van der Waals surface area contributed by atoms with E-state index in [0.717, 1.165) is 6.07 Å². The summed E-state index contributed by atoms with van der Waals surface area (Å²) in [6, 6.07) is 2.15. The zero-order chi connectivity index (χ0) is 8.43. The summed E-state index contributed by atoms with van der Waals surface area (Å²) in [5, 5.41) is -0.0278. The molecule has 0 aliphatic heterocycles. The number of carbonyl (C=O) groups is 1. The van der Waals surface area contributed by atoms with E-state index in [-0.39, 0.29) is 10.9 Å². The number of benzene rings is 1. The van der Waals surface area contributed by atoms with E-state index in [9.17, 15) is 13.6 Å². The molecule has 0 aromatic heterocycles. The highest BCUT2D eigenvalue weighted by Crippen LogP contribution is 2.07. The second kappa shape index (κ2) is 3.05. The number of hydrogen-bond donors (Lipinski definition) is 0. The van der Waals surface area contributed by atoms with Crippen LogP contribution in [0, 0.1) is 11.6 Å². The smallest absolute Gasteiger partial charge is 0.166 e. The molecule has 0 fully saturated rings. The van der Waals surface area contributed by atoms with Gasteiger partial charge in [0, 0.05) is 10.9 Å². The Kier molecular flexibility index (Phi) is 2.30. The van der Waals surface area contributed by atoms with Crippen molar-refractivity contribution in [2.24, 2.45) is 0 Å². The van der Waals surface area contributed by atoms with Gasteiger partial charge in [-0.25, -0.2) is 8.78 Å². The van der Waals surface area contributed by atoms with Crippen LogP contribution in [0.4, 0.5) is 8.78 Å². The number of aldehydes is 1. The van der Waals surface area contributed by atoms with E-state index in [2.05, 4.69) is 0 Å². The molecule has 0 aliphatic rings. The lowest BCUT2D eigenvalue weighted by atomic mass is 10.2. The molecule has 1 unspecified atom stereocenters. The highest BCUT2D eigenvalue weighted by atomic mass is 31.0. The molecule has 11 heavy (non-hydrogen) atoms. The first-order valence-electron chi connectivity index (χ1n) is 2.85. The summed E-state index contributed by atoms with van der Waals surface area (Å²) in [4.78, 5) is 10.2. The molecule has 0 bridgehead atoms. The maximum Gasteiger partial charge on any atom is 0.166 e. The van der Waals surface area contributed by atoms with Crippen molar-refractivity contribution in [1.29, 1.82) is 0 Å². The molecule has 0 heterocycles. The van der Waals surface area contributed by atoms with Crippen LogP contribution in [0.25, 0.3) is 0 Å². The van der Waals surface area contributed by atoms with Gasteiger partial charge in [-0.2, -0.15) is 0 Å². The van der Waals surface area contributed by atoms with Crippen molar-refractivity contribution in [3.8, 4) is 0 Å². The van der Waals surface area contributed by atoms with Crippen LogP contribution < -0.4 is 5.30 Å². The van der Waals surface area contributed by atoms with Gasteiger partial charge >= 0.3 is 0 Å². The third kappa shape index (κ3) is 1.43. The molecule has 1 atom stereocenters. The van der Waals surface area contributed by atoms with Crippen LogP contribution in [0.5, 0.6) is 0 Å². The van der Waals surface area contributed by atoms with Crippen molar-refractivity contribution >= 4 is 20.8 Å². The van der Waals surface area contributed by atoms with Crippen LogP contribution in [0.1, 0.15) is 10.4 Å². The summed E-state index contributed by atoms with van der Waals surface area (Å²) in [6.45, 7) is 0. The molecular formula is C7H5F2OP. The van der Waals surface area contributed by atoms with Crippen LogP contribution in [-0.2, 0) is 0 Å². The van der Waals surface area contributed by atoms with Gasteiger partial charge < -0.3 is 0 Å². The fourth-order valence-corrected chi connectivity index (χ4v) is 0.986. The lowest BCUT2D eigenvalue weighted by Crippen LogP contribution is -2.07. The molecule has 0 amide bonds. The van der Waals surface area contributed by atoms with E-state index in [1.807, 2.05) is 9.24 Å². The van der Waals surface area contributed by atoms with Crippen molar-refractivity contribution in [1.82, 2.24) is 0 Å².